The van der Waals surface area contributed by atoms with Gasteiger partial charge in [-0.05, 0) is 12.1 Å². The minimum Gasteiger partial charge on any atom is -0.351 e. The van der Waals surface area contributed by atoms with Gasteiger partial charge in [-0.2, -0.15) is 13.2 Å². The number of rotatable bonds is 5. The number of nitrogens with zero attached hydrogens (tertiary/aromatic N) is 2. The Kier molecular flexibility index (Phi) is 5.54. The highest BCUT2D eigenvalue weighted by molar-refractivity contribution is 7.07. The first-order valence-electron chi connectivity index (χ1n) is 7.22. The van der Waals surface area contributed by atoms with Gasteiger partial charge in [0.2, 0.25) is 6.41 Å². The Morgan fingerprint density at radius 1 is 1.11 bits per heavy atom. The Labute approximate surface area is 165 Å². The van der Waals surface area contributed by atoms with Crippen LogP contribution in [-0.4, -0.2) is 16.4 Å². The zero-order chi connectivity index (χ0) is 19.6. The second kappa shape index (κ2) is 7.71. The summed E-state index contributed by atoms with van der Waals surface area (Å²) in [5, 5.41) is 6.85. The van der Waals surface area contributed by atoms with E-state index in [0.29, 0.717) is 6.41 Å². The zero-order valence-corrected chi connectivity index (χ0v) is 15.5. The fraction of sp³-hybridized carbons (Fsp3) is 0.0625. The highest BCUT2D eigenvalue weighted by Gasteiger charge is 2.36. The van der Waals surface area contributed by atoms with Gasteiger partial charge in [0.25, 0.3) is 0 Å². The van der Waals surface area contributed by atoms with Gasteiger partial charge >= 0.3 is 6.18 Å². The molecule has 0 saturated carbocycles. The van der Waals surface area contributed by atoms with E-state index in [0.717, 1.165) is 23.5 Å². The van der Waals surface area contributed by atoms with E-state index in [1.807, 2.05) is 0 Å². The maximum absolute atomic E-state index is 13.6. The largest absolute Gasteiger partial charge is 0.417 e. The topological polar surface area (TPSA) is 66.9 Å². The lowest BCUT2D eigenvalue weighted by molar-refractivity contribution is -0.137. The van der Waals surface area contributed by atoms with Gasteiger partial charge in [0.15, 0.2) is 0 Å². The van der Waals surface area contributed by atoms with Crippen LogP contribution in [0.3, 0.4) is 0 Å². The third kappa shape index (κ3) is 4.00. The summed E-state index contributed by atoms with van der Waals surface area (Å²) < 4.78 is 40.9. The summed E-state index contributed by atoms with van der Waals surface area (Å²) in [6.45, 7) is 0. The SMILES string of the molecule is O=CNc1ccc(C(F)(F)F)c(-c2cscn2)c1Nc1c(Cl)cncc1Cl. The molecule has 11 heteroatoms. The molecule has 0 bridgehead atoms. The number of carbonyl (C=O) groups excluding carboxylic acids is 1. The Morgan fingerprint density at radius 2 is 1.81 bits per heavy atom. The van der Waals surface area contributed by atoms with Crippen LogP contribution in [0.25, 0.3) is 11.3 Å². The molecule has 0 spiro atoms. The van der Waals surface area contributed by atoms with Gasteiger partial charge in [0.1, 0.15) is 0 Å². The van der Waals surface area contributed by atoms with Crippen molar-refractivity contribution in [2.24, 2.45) is 0 Å². The van der Waals surface area contributed by atoms with Gasteiger partial charge in [-0.3, -0.25) is 9.78 Å². The molecule has 0 aliphatic carbocycles. The molecule has 27 heavy (non-hydrogen) atoms. The fourth-order valence-corrected chi connectivity index (χ4v) is 3.41. The van der Waals surface area contributed by atoms with Gasteiger partial charge in [-0.15, -0.1) is 11.3 Å². The number of thiazole rings is 1. The summed E-state index contributed by atoms with van der Waals surface area (Å²) in [7, 11) is 0. The number of amides is 1. The molecular formula is C16H9Cl2F3N4OS. The molecule has 5 nitrogen and oxygen atoms in total. The molecule has 140 valence electrons. The monoisotopic (exact) mass is 432 g/mol. The minimum atomic E-state index is -4.65. The number of nitrogens with one attached hydrogen (secondary N) is 2. The van der Waals surface area contributed by atoms with Crippen molar-refractivity contribution in [2.45, 2.75) is 6.18 Å². The van der Waals surface area contributed by atoms with Gasteiger partial charge < -0.3 is 10.6 Å². The van der Waals surface area contributed by atoms with E-state index < -0.39 is 11.7 Å². The van der Waals surface area contributed by atoms with Crippen LogP contribution in [0.15, 0.2) is 35.4 Å². The zero-order valence-electron chi connectivity index (χ0n) is 13.1. The number of aromatic nitrogens is 2. The quantitative estimate of drug-likeness (QED) is 0.496. The molecule has 0 aliphatic rings. The van der Waals surface area contributed by atoms with Crippen LogP contribution in [0.5, 0.6) is 0 Å². The summed E-state index contributed by atoms with van der Waals surface area (Å²) in [5.74, 6) is 0. The molecule has 1 amide bonds. The first kappa shape index (κ1) is 19.4. The maximum atomic E-state index is 13.6. The van der Waals surface area contributed by atoms with Crippen LogP contribution in [0.1, 0.15) is 5.56 Å². The lowest BCUT2D eigenvalue weighted by atomic mass is 10.00. The van der Waals surface area contributed by atoms with E-state index in [1.165, 1.54) is 23.3 Å². The van der Waals surface area contributed by atoms with E-state index >= 15 is 0 Å². The molecule has 0 unspecified atom stereocenters. The van der Waals surface area contributed by atoms with Gasteiger partial charge in [0.05, 0.1) is 43.9 Å². The number of pyridine rings is 1. The Bertz CT molecular complexity index is 960. The van der Waals surface area contributed by atoms with Crippen molar-refractivity contribution >= 4 is 58.0 Å². The average molecular weight is 433 g/mol. The predicted octanol–water partition coefficient (Wildman–Crippen LogP) is 5.84. The number of alkyl halides is 3. The maximum Gasteiger partial charge on any atom is 0.417 e. The first-order valence-corrected chi connectivity index (χ1v) is 8.91. The van der Waals surface area contributed by atoms with E-state index in [9.17, 15) is 18.0 Å². The van der Waals surface area contributed by atoms with Crippen molar-refractivity contribution in [3.63, 3.8) is 0 Å². The van der Waals surface area contributed by atoms with Gasteiger partial charge in [-0.25, -0.2) is 4.98 Å². The second-order valence-electron chi connectivity index (χ2n) is 5.15. The normalized spacial score (nSPS) is 11.3. The Morgan fingerprint density at radius 3 is 2.37 bits per heavy atom. The summed E-state index contributed by atoms with van der Waals surface area (Å²) in [5.41, 5.74) is 0.547. The van der Waals surface area contributed by atoms with Crippen molar-refractivity contribution in [1.82, 2.24) is 9.97 Å². The summed E-state index contributed by atoms with van der Waals surface area (Å²) in [6, 6.07) is 2.01. The standard InChI is InChI=1S/C16H9Cl2F3N4OS/c17-9-3-22-4-10(18)14(9)25-15-11(23-6-26)2-1-8(16(19,20)21)13(15)12-5-27-7-24-12/h1-7H,(H,22,25)(H,23,26). The number of hydrogen-bond donors (Lipinski definition) is 2. The van der Waals surface area contributed by atoms with Crippen molar-refractivity contribution in [1.29, 1.82) is 0 Å². The average Bonchev–Trinajstić information content (AvgIpc) is 3.12. The Hall–Kier alpha value is -2.36. The van der Waals surface area contributed by atoms with Crippen LogP contribution in [0.4, 0.5) is 30.2 Å². The molecule has 0 atom stereocenters. The lowest BCUT2D eigenvalue weighted by Crippen LogP contribution is -2.11. The number of carbonyl (C=O) groups is 1. The van der Waals surface area contributed by atoms with Crippen LogP contribution < -0.4 is 10.6 Å². The number of halogens is 5. The predicted molar refractivity (Wildman–Crippen MR) is 99.8 cm³/mol. The highest BCUT2D eigenvalue weighted by Crippen LogP contribution is 2.46. The van der Waals surface area contributed by atoms with Crippen LogP contribution in [-0.2, 0) is 11.0 Å². The molecule has 3 rings (SSSR count). The molecule has 3 aromatic rings. The molecule has 0 aliphatic heterocycles. The van der Waals surface area contributed by atoms with E-state index in [4.69, 9.17) is 23.2 Å². The first-order chi connectivity index (χ1) is 12.8. The molecule has 1 aromatic carbocycles. The molecule has 0 fully saturated rings. The minimum absolute atomic E-state index is 0.0437. The molecular weight excluding hydrogens is 424 g/mol. The third-order valence-electron chi connectivity index (χ3n) is 3.52. The van der Waals surface area contributed by atoms with Crippen molar-refractivity contribution < 1.29 is 18.0 Å². The summed E-state index contributed by atoms with van der Waals surface area (Å²) in [4.78, 5) is 18.8. The van der Waals surface area contributed by atoms with Crippen LogP contribution >= 0.6 is 34.5 Å². The van der Waals surface area contributed by atoms with Gasteiger partial charge in [-0.1, -0.05) is 23.2 Å². The smallest absolute Gasteiger partial charge is 0.351 e. The number of anilines is 3. The van der Waals surface area contributed by atoms with Crippen LogP contribution in [0.2, 0.25) is 10.0 Å². The second-order valence-corrected chi connectivity index (χ2v) is 6.68. The van der Waals surface area contributed by atoms with Gasteiger partial charge in [0, 0.05) is 23.3 Å². The van der Waals surface area contributed by atoms with E-state index in [1.54, 1.807) is 0 Å². The molecule has 0 saturated heterocycles. The third-order valence-corrected chi connectivity index (χ3v) is 4.68. The highest BCUT2D eigenvalue weighted by atomic mass is 35.5. The Balaban J connectivity index is 2.30. The fourth-order valence-electron chi connectivity index (χ4n) is 2.41. The van der Waals surface area contributed by atoms with Crippen molar-refractivity contribution in [3.05, 3.63) is 51.0 Å². The summed E-state index contributed by atoms with van der Waals surface area (Å²) >= 11 is 13.3. The molecule has 2 N–H and O–H groups in total. The molecule has 0 radical (unpaired) electrons. The number of benzene rings is 1. The molecule has 2 aromatic heterocycles. The summed E-state index contributed by atoms with van der Waals surface area (Å²) in [6.07, 6.45) is -1.72. The van der Waals surface area contributed by atoms with E-state index in [2.05, 4.69) is 20.6 Å². The van der Waals surface area contributed by atoms with Crippen molar-refractivity contribution in [2.75, 3.05) is 10.6 Å². The van der Waals surface area contributed by atoms with E-state index in [-0.39, 0.29) is 38.4 Å². The molecule has 2 heterocycles. The lowest BCUT2D eigenvalue weighted by Gasteiger charge is -2.21. The van der Waals surface area contributed by atoms with Crippen LogP contribution in [0, 0.1) is 0 Å². The number of hydrogen-bond acceptors (Lipinski definition) is 5. The van der Waals surface area contributed by atoms with Crippen molar-refractivity contribution in [3.8, 4) is 11.3 Å².